The number of hydrogen-bond acceptors (Lipinski definition) is 3. The molecule has 1 aromatic heterocycles. The number of imidazole rings is 1. The smallest absolute Gasteiger partial charge is 0.187 e. The Bertz CT molecular complexity index is 539. The molecule has 2 saturated carbocycles. The van der Waals surface area contributed by atoms with Crippen molar-refractivity contribution < 1.29 is 4.79 Å². The largest absolute Gasteiger partial charge is 0.342 e. The minimum absolute atomic E-state index is 0.124. The Balaban J connectivity index is 1.55. The van der Waals surface area contributed by atoms with Crippen molar-refractivity contribution in [2.24, 2.45) is 23.0 Å². The molecule has 1 aromatic rings. The minimum atomic E-state index is -0.229. The lowest BCUT2D eigenvalue weighted by molar-refractivity contribution is 0.0865. The highest BCUT2D eigenvalue weighted by Gasteiger charge is 2.53. The van der Waals surface area contributed by atoms with Gasteiger partial charge in [-0.25, -0.2) is 4.98 Å². The lowest BCUT2D eigenvalue weighted by Gasteiger charge is -2.24. The van der Waals surface area contributed by atoms with Crippen molar-refractivity contribution >= 4 is 5.78 Å². The van der Waals surface area contributed by atoms with E-state index in [0.29, 0.717) is 5.69 Å². The van der Waals surface area contributed by atoms with Crippen LogP contribution in [0, 0.1) is 17.3 Å². The molecular formula is C19H29N3O. The summed E-state index contributed by atoms with van der Waals surface area (Å²) in [5.74, 6) is 1.23. The zero-order chi connectivity index (χ0) is 16.3. The second-order valence-corrected chi connectivity index (χ2v) is 7.53. The summed E-state index contributed by atoms with van der Waals surface area (Å²) >= 11 is 0. The van der Waals surface area contributed by atoms with E-state index >= 15 is 0 Å². The number of carbonyl (C=O) groups is 1. The summed E-state index contributed by atoms with van der Waals surface area (Å²) < 4.78 is 0. The number of allylic oxidation sites excluding steroid dienone is 1. The molecule has 4 nitrogen and oxygen atoms in total. The maximum Gasteiger partial charge on any atom is 0.187 e. The Morgan fingerprint density at radius 1 is 1.39 bits per heavy atom. The van der Waals surface area contributed by atoms with Crippen LogP contribution < -0.4 is 5.73 Å². The van der Waals surface area contributed by atoms with E-state index in [-0.39, 0.29) is 23.2 Å². The molecule has 0 spiro atoms. The van der Waals surface area contributed by atoms with E-state index in [9.17, 15) is 4.79 Å². The molecule has 1 heterocycles. The Kier molecular flexibility index (Phi) is 5.00. The molecule has 0 radical (unpaired) electrons. The summed E-state index contributed by atoms with van der Waals surface area (Å²) in [5, 5.41) is 0. The lowest BCUT2D eigenvalue weighted by atomic mass is 9.83. The maximum atomic E-state index is 12.7. The number of nitrogens with one attached hydrogen (secondary N) is 1. The topological polar surface area (TPSA) is 71.8 Å². The first-order valence-electron chi connectivity index (χ1n) is 9.09. The van der Waals surface area contributed by atoms with Crippen LogP contribution in [0.3, 0.4) is 0 Å². The average Bonchev–Trinajstić information content (AvgIpc) is 3.20. The highest BCUT2D eigenvalue weighted by Crippen LogP contribution is 2.54. The van der Waals surface area contributed by atoms with Gasteiger partial charge in [0.1, 0.15) is 5.69 Å². The summed E-state index contributed by atoms with van der Waals surface area (Å²) in [7, 11) is 0. The third-order valence-corrected chi connectivity index (χ3v) is 5.83. The molecule has 2 atom stereocenters. The van der Waals surface area contributed by atoms with Crippen molar-refractivity contribution in [2.75, 3.05) is 0 Å². The fraction of sp³-hybridized carbons (Fsp3) is 0.684. The average molecular weight is 315 g/mol. The van der Waals surface area contributed by atoms with Crippen LogP contribution in [0.2, 0.25) is 0 Å². The number of ketones is 1. The van der Waals surface area contributed by atoms with Gasteiger partial charge in [-0.3, -0.25) is 4.79 Å². The first kappa shape index (κ1) is 16.4. The van der Waals surface area contributed by atoms with Crippen LogP contribution in [0.4, 0.5) is 0 Å². The molecule has 126 valence electrons. The van der Waals surface area contributed by atoms with Gasteiger partial charge in [0, 0.05) is 11.5 Å². The van der Waals surface area contributed by atoms with Gasteiger partial charge in [-0.05, 0) is 31.1 Å². The zero-order valence-electron chi connectivity index (χ0n) is 14.1. The van der Waals surface area contributed by atoms with Gasteiger partial charge in [-0.2, -0.15) is 0 Å². The van der Waals surface area contributed by atoms with Gasteiger partial charge in [0.25, 0.3) is 0 Å². The highest BCUT2D eigenvalue weighted by atomic mass is 16.1. The van der Waals surface area contributed by atoms with Crippen LogP contribution >= 0.6 is 0 Å². The molecule has 2 fully saturated rings. The van der Waals surface area contributed by atoms with Gasteiger partial charge < -0.3 is 10.7 Å². The SMILES string of the molecule is C[C@H](/C=C\[C@@H](N)CC1CCCCC1)C1(C(=O)c2cnc[nH]2)CC1. The van der Waals surface area contributed by atoms with Crippen molar-refractivity contribution in [2.45, 2.75) is 64.3 Å². The monoisotopic (exact) mass is 315 g/mol. The van der Waals surface area contributed by atoms with Gasteiger partial charge in [0.2, 0.25) is 0 Å². The minimum Gasteiger partial charge on any atom is -0.342 e. The van der Waals surface area contributed by atoms with Gasteiger partial charge in [0.15, 0.2) is 5.78 Å². The second-order valence-electron chi connectivity index (χ2n) is 7.53. The van der Waals surface area contributed by atoms with Crippen molar-refractivity contribution in [3.63, 3.8) is 0 Å². The predicted octanol–water partition coefficient (Wildman–Crippen LogP) is 3.86. The fourth-order valence-electron chi connectivity index (χ4n) is 4.05. The van der Waals surface area contributed by atoms with Crippen LogP contribution in [0.5, 0.6) is 0 Å². The van der Waals surface area contributed by atoms with Crippen molar-refractivity contribution in [1.29, 1.82) is 0 Å². The van der Waals surface area contributed by atoms with E-state index in [1.165, 1.54) is 32.1 Å². The Morgan fingerprint density at radius 2 is 2.13 bits per heavy atom. The number of hydrogen-bond donors (Lipinski definition) is 2. The maximum absolute atomic E-state index is 12.7. The summed E-state index contributed by atoms with van der Waals surface area (Å²) in [6.45, 7) is 2.14. The summed E-state index contributed by atoms with van der Waals surface area (Å²) in [5.41, 5.74) is 6.70. The first-order valence-corrected chi connectivity index (χ1v) is 9.09. The molecule has 0 bridgehead atoms. The molecule has 0 unspecified atom stereocenters. The van der Waals surface area contributed by atoms with E-state index in [1.54, 1.807) is 12.5 Å². The zero-order valence-corrected chi connectivity index (χ0v) is 14.1. The van der Waals surface area contributed by atoms with E-state index in [4.69, 9.17) is 5.73 Å². The molecule has 3 rings (SSSR count). The van der Waals surface area contributed by atoms with Gasteiger partial charge in [0.05, 0.1) is 12.5 Å². The van der Waals surface area contributed by atoms with E-state index in [2.05, 4.69) is 29.0 Å². The quantitative estimate of drug-likeness (QED) is 0.593. The van der Waals surface area contributed by atoms with Crippen LogP contribution in [-0.2, 0) is 0 Å². The summed E-state index contributed by atoms with van der Waals surface area (Å²) in [6, 6.07) is 0.124. The van der Waals surface area contributed by atoms with E-state index in [1.807, 2.05) is 0 Å². The number of rotatable bonds is 7. The van der Waals surface area contributed by atoms with Crippen LogP contribution in [-0.4, -0.2) is 21.8 Å². The van der Waals surface area contributed by atoms with Crippen LogP contribution in [0.25, 0.3) is 0 Å². The molecular weight excluding hydrogens is 286 g/mol. The molecule has 2 aliphatic carbocycles. The normalized spacial score (nSPS) is 23.7. The van der Waals surface area contributed by atoms with Crippen LogP contribution in [0.15, 0.2) is 24.7 Å². The molecule has 4 heteroatoms. The number of aromatic nitrogens is 2. The molecule has 3 N–H and O–H groups in total. The predicted molar refractivity (Wildman–Crippen MR) is 92.1 cm³/mol. The summed E-state index contributed by atoms with van der Waals surface area (Å²) in [6.07, 6.45) is 17.3. The second kappa shape index (κ2) is 7.00. The number of H-pyrrole nitrogens is 1. The molecule has 0 amide bonds. The van der Waals surface area contributed by atoms with Crippen molar-refractivity contribution in [3.05, 3.63) is 30.4 Å². The molecule has 0 saturated heterocycles. The van der Waals surface area contributed by atoms with Crippen molar-refractivity contribution in [1.82, 2.24) is 9.97 Å². The Morgan fingerprint density at radius 3 is 2.74 bits per heavy atom. The Hall–Kier alpha value is -1.42. The molecule has 0 aromatic carbocycles. The number of nitrogens with two attached hydrogens (primary N) is 1. The van der Waals surface area contributed by atoms with Gasteiger partial charge >= 0.3 is 0 Å². The van der Waals surface area contributed by atoms with Gasteiger partial charge in [-0.15, -0.1) is 0 Å². The third kappa shape index (κ3) is 3.74. The van der Waals surface area contributed by atoms with Gasteiger partial charge in [-0.1, -0.05) is 51.2 Å². The highest BCUT2D eigenvalue weighted by molar-refractivity contribution is 6.00. The van der Waals surface area contributed by atoms with Crippen molar-refractivity contribution in [3.8, 4) is 0 Å². The number of nitrogens with zero attached hydrogens (tertiary/aromatic N) is 1. The standard InChI is InChI=1S/C19H29N3O/c1-14(7-8-16(20)11-15-5-3-2-4-6-15)19(9-10-19)18(23)17-12-21-13-22-17/h7-8,12-16H,2-6,9-11,20H2,1H3,(H,21,22)/b8-7-/t14-,16-/m1/s1. The number of Topliss-reactive ketones (excluding diaryl/α,β-unsaturated/α-hetero) is 1. The Labute approximate surface area is 138 Å². The number of aromatic amines is 1. The third-order valence-electron chi connectivity index (χ3n) is 5.83. The fourth-order valence-corrected chi connectivity index (χ4v) is 4.05. The van der Waals surface area contributed by atoms with Crippen LogP contribution in [0.1, 0.15) is 68.8 Å². The molecule has 0 aliphatic heterocycles. The number of carbonyl (C=O) groups excluding carboxylic acids is 1. The van der Waals surface area contributed by atoms with E-state index < -0.39 is 0 Å². The lowest BCUT2D eigenvalue weighted by Crippen LogP contribution is -2.25. The molecule has 2 aliphatic rings. The summed E-state index contributed by atoms with van der Waals surface area (Å²) in [4.78, 5) is 19.6. The molecule has 23 heavy (non-hydrogen) atoms. The van der Waals surface area contributed by atoms with E-state index in [0.717, 1.165) is 25.2 Å². The first-order chi connectivity index (χ1) is 11.1.